The van der Waals surface area contributed by atoms with Crippen LogP contribution in [0.15, 0.2) is 12.1 Å². The average molecular weight is 156 g/mol. The average Bonchev–Trinajstić information content (AvgIpc) is 1.97. The lowest BCUT2D eigenvalue weighted by molar-refractivity contribution is 0.491. The number of rotatable bonds is 1. The Labute approximate surface area is 63.4 Å². The third-order valence-electron chi connectivity index (χ3n) is 1.31. The molecule has 11 heavy (non-hydrogen) atoms. The number of benzene rings is 1. The van der Waals surface area contributed by atoms with E-state index in [-0.39, 0.29) is 11.9 Å². The molecule has 0 aliphatic carbocycles. The van der Waals surface area contributed by atoms with Gasteiger partial charge in [0.15, 0.2) is 11.6 Å². The quantitative estimate of drug-likeness (QED) is 0.429. The van der Waals surface area contributed by atoms with Crippen molar-refractivity contribution in [3.8, 4) is 0 Å². The zero-order valence-electron chi connectivity index (χ0n) is 5.57. The van der Waals surface area contributed by atoms with Gasteiger partial charge in [0.05, 0.1) is 7.85 Å². The van der Waals surface area contributed by atoms with E-state index in [1.165, 1.54) is 0 Å². The highest BCUT2D eigenvalue weighted by atomic mass is 19.2. The third-order valence-corrected chi connectivity index (χ3v) is 1.31. The standard InChI is InChI=1S/C7H4BF3/c8-3-4-1-6(10)7(11)2-5(4)9/h1-2H,3H2. The van der Waals surface area contributed by atoms with Crippen molar-refractivity contribution < 1.29 is 13.2 Å². The van der Waals surface area contributed by atoms with Gasteiger partial charge >= 0.3 is 0 Å². The van der Waals surface area contributed by atoms with Crippen LogP contribution in [0.4, 0.5) is 13.2 Å². The van der Waals surface area contributed by atoms with Crippen molar-refractivity contribution in [3.05, 3.63) is 35.1 Å². The van der Waals surface area contributed by atoms with E-state index in [4.69, 9.17) is 7.85 Å². The topological polar surface area (TPSA) is 0 Å². The van der Waals surface area contributed by atoms with Gasteiger partial charge < -0.3 is 0 Å². The summed E-state index contributed by atoms with van der Waals surface area (Å²) in [4.78, 5) is 0. The van der Waals surface area contributed by atoms with Crippen LogP contribution < -0.4 is 0 Å². The number of hydrogen-bond acceptors (Lipinski definition) is 0. The molecule has 0 fully saturated rings. The smallest absolute Gasteiger partial charge is 0.161 e. The predicted octanol–water partition coefficient (Wildman–Crippen LogP) is 1.77. The molecular weight excluding hydrogens is 152 g/mol. The van der Waals surface area contributed by atoms with Gasteiger partial charge in [-0.25, -0.2) is 13.2 Å². The molecular formula is C7H4BF3. The first-order valence-corrected chi connectivity index (χ1v) is 2.98. The van der Waals surface area contributed by atoms with Crippen LogP contribution in [0.2, 0.25) is 0 Å². The molecule has 0 unspecified atom stereocenters. The second-order valence-corrected chi connectivity index (χ2v) is 2.06. The normalized spacial score (nSPS) is 10.1. The van der Waals surface area contributed by atoms with Gasteiger partial charge in [-0.15, -0.1) is 0 Å². The molecule has 0 heterocycles. The maximum atomic E-state index is 12.5. The summed E-state index contributed by atoms with van der Waals surface area (Å²) in [5, 5.41) is 0. The van der Waals surface area contributed by atoms with Crippen LogP contribution in [0.5, 0.6) is 0 Å². The Morgan fingerprint density at radius 1 is 1.00 bits per heavy atom. The van der Waals surface area contributed by atoms with E-state index in [1.807, 2.05) is 0 Å². The van der Waals surface area contributed by atoms with Crippen LogP contribution in [0.25, 0.3) is 0 Å². The molecule has 0 atom stereocenters. The zero-order valence-corrected chi connectivity index (χ0v) is 5.57. The molecule has 0 aromatic heterocycles. The molecule has 0 saturated carbocycles. The Morgan fingerprint density at radius 2 is 1.55 bits per heavy atom. The summed E-state index contributed by atoms with van der Waals surface area (Å²) in [6, 6.07) is 1.24. The molecule has 0 nitrogen and oxygen atoms in total. The van der Waals surface area contributed by atoms with Gasteiger partial charge in [0.1, 0.15) is 5.82 Å². The first-order chi connectivity index (χ1) is 5.15. The van der Waals surface area contributed by atoms with E-state index < -0.39 is 17.5 Å². The van der Waals surface area contributed by atoms with Crippen molar-refractivity contribution in [3.63, 3.8) is 0 Å². The van der Waals surface area contributed by atoms with Crippen molar-refractivity contribution in [2.24, 2.45) is 0 Å². The molecule has 0 N–H and O–H groups in total. The molecule has 1 rings (SSSR count). The molecule has 4 heteroatoms. The van der Waals surface area contributed by atoms with Gasteiger partial charge in [0, 0.05) is 6.07 Å². The first kappa shape index (κ1) is 8.17. The Kier molecular flexibility index (Phi) is 2.22. The minimum absolute atomic E-state index is 0.0242. The predicted molar refractivity (Wildman–Crippen MR) is 35.8 cm³/mol. The highest BCUT2D eigenvalue weighted by Gasteiger charge is 2.06. The first-order valence-electron chi connectivity index (χ1n) is 2.98. The second-order valence-electron chi connectivity index (χ2n) is 2.06. The molecule has 0 aliphatic heterocycles. The molecule has 0 spiro atoms. The third kappa shape index (κ3) is 1.56. The van der Waals surface area contributed by atoms with Crippen molar-refractivity contribution >= 4 is 7.85 Å². The second kappa shape index (κ2) is 2.99. The van der Waals surface area contributed by atoms with E-state index in [0.717, 1.165) is 6.07 Å². The van der Waals surface area contributed by atoms with Gasteiger partial charge in [-0.1, -0.05) is 6.32 Å². The van der Waals surface area contributed by atoms with Gasteiger partial charge in [0.25, 0.3) is 0 Å². The summed E-state index contributed by atoms with van der Waals surface area (Å²) in [5.41, 5.74) is -0.0242. The lowest BCUT2D eigenvalue weighted by atomic mass is 9.96. The summed E-state index contributed by atoms with van der Waals surface area (Å²) in [6.45, 7) is 0. The maximum absolute atomic E-state index is 12.5. The van der Waals surface area contributed by atoms with E-state index in [2.05, 4.69) is 0 Å². The minimum Gasteiger partial charge on any atom is -0.207 e. The van der Waals surface area contributed by atoms with E-state index in [1.54, 1.807) is 0 Å². The number of halogens is 3. The summed E-state index contributed by atoms with van der Waals surface area (Å²) >= 11 is 0. The Bertz CT molecular complexity index is 273. The van der Waals surface area contributed by atoms with E-state index in [0.29, 0.717) is 6.07 Å². The van der Waals surface area contributed by atoms with Crippen LogP contribution in [0, 0.1) is 17.5 Å². The largest absolute Gasteiger partial charge is 0.207 e. The van der Waals surface area contributed by atoms with Gasteiger partial charge in [-0.3, -0.25) is 0 Å². The lowest BCUT2D eigenvalue weighted by Crippen LogP contribution is -1.94. The summed E-state index contributed by atoms with van der Waals surface area (Å²) < 4.78 is 37.1. The van der Waals surface area contributed by atoms with Crippen molar-refractivity contribution in [1.29, 1.82) is 0 Å². The molecule has 0 amide bonds. The Hall–Kier alpha value is -0.925. The fourth-order valence-electron chi connectivity index (χ4n) is 0.720. The van der Waals surface area contributed by atoms with Gasteiger partial charge in [-0.05, 0) is 11.6 Å². The summed E-state index contributed by atoms with van der Waals surface area (Å²) in [6.07, 6.45) is -0.136. The highest BCUT2D eigenvalue weighted by molar-refractivity contribution is 6.08. The fourth-order valence-corrected chi connectivity index (χ4v) is 0.720. The van der Waals surface area contributed by atoms with Crippen LogP contribution in [-0.2, 0) is 6.32 Å². The van der Waals surface area contributed by atoms with E-state index in [9.17, 15) is 13.2 Å². The summed E-state index contributed by atoms with van der Waals surface area (Å²) in [5.74, 6) is -3.09. The van der Waals surface area contributed by atoms with E-state index >= 15 is 0 Å². The van der Waals surface area contributed by atoms with Crippen LogP contribution in [0.1, 0.15) is 5.56 Å². The molecule has 1 aromatic rings. The van der Waals surface area contributed by atoms with Gasteiger partial charge in [-0.2, -0.15) is 0 Å². The molecule has 56 valence electrons. The molecule has 0 aliphatic rings. The Morgan fingerprint density at radius 3 is 2.09 bits per heavy atom. The lowest BCUT2D eigenvalue weighted by Gasteiger charge is -1.99. The molecule has 0 bridgehead atoms. The van der Waals surface area contributed by atoms with Crippen molar-refractivity contribution in [2.75, 3.05) is 0 Å². The molecule has 2 radical (unpaired) electrons. The maximum Gasteiger partial charge on any atom is 0.161 e. The zero-order chi connectivity index (χ0) is 8.43. The number of hydrogen-bond donors (Lipinski definition) is 0. The fraction of sp³-hybridized carbons (Fsp3) is 0.143. The van der Waals surface area contributed by atoms with Crippen LogP contribution in [-0.4, -0.2) is 7.85 Å². The monoisotopic (exact) mass is 156 g/mol. The van der Waals surface area contributed by atoms with Crippen LogP contribution in [0.3, 0.4) is 0 Å². The SMILES string of the molecule is [B]Cc1cc(F)c(F)cc1F. The molecule has 1 aromatic carbocycles. The Balaban J connectivity index is 3.21. The van der Waals surface area contributed by atoms with Gasteiger partial charge in [0.2, 0.25) is 0 Å². The molecule has 0 saturated heterocycles. The minimum atomic E-state index is -1.19. The van der Waals surface area contributed by atoms with Crippen LogP contribution >= 0.6 is 0 Å². The highest BCUT2D eigenvalue weighted by Crippen LogP contribution is 2.12. The van der Waals surface area contributed by atoms with Crippen molar-refractivity contribution in [2.45, 2.75) is 6.32 Å². The summed E-state index contributed by atoms with van der Waals surface area (Å²) in [7, 11) is 5.04. The van der Waals surface area contributed by atoms with Crippen molar-refractivity contribution in [1.82, 2.24) is 0 Å².